The summed E-state index contributed by atoms with van der Waals surface area (Å²) >= 11 is 0. The first-order valence-electron chi connectivity index (χ1n) is 6.04. The van der Waals surface area contributed by atoms with E-state index >= 15 is 0 Å². The Hall–Kier alpha value is -2.36. The van der Waals surface area contributed by atoms with Crippen molar-refractivity contribution >= 4 is 5.84 Å². The van der Waals surface area contributed by atoms with Crippen molar-refractivity contribution in [2.24, 2.45) is 5.73 Å². The molecule has 0 saturated carbocycles. The maximum absolute atomic E-state index is 7.54. The Morgan fingerprint density at radius 1 is 1.26 bits per heavy atom. The normalized spacial score (nSPS) is 10.3. The third-order valence-electron chi connectivity index (χ3n) is 3.03. The molecule has 0 saturated heterocycles. The van der Waals surface area contributed by atoms with Gasteiger partial charge in [-0.1, -0.05) is 6.07 Å². The molecule has 0 aliphatic carbocycles. The van der Waals surface area contributed by atoms with Crippen LogP contribution in [-0.4, -0.2) is 10.8 Å². The predicted molar refractivity (Wildman–Crippen MR) is 76.0 cm³/mol. The van der Waals surface area contributed by atoms with Crippen LogP contribution < -0.4 is 10.5 Å². The maximum Gasteiger partial charge on any atom is 0.230 e. The molecule has 0 atom stereocenters. The van der Waals surface area contributed by atoms with Gasteiger partial charge in [0.25, 0.3) is 0 Å². The summed E-state index contributed by atoms with van der Waals surface area (Å²) in [7, 11) is 0. The molecule has 4 heteroatoms. The number of nitrogen functional groups attached to an aromatic ring is 1. The van der Waals surface area contributed by atoms with E-state index in [-0.39, 0.29) is 5.84 Å². The standard InChI is InChI=1S/C15H17N3O/c1-9-7-10(2)11(3)13(8-9)19-15-12(14(16)17)5-4-6-18-15/h4-8H,1-3H3,(H3,16,17). The number of nitrogens with one attached hydrogen (secondary N) is 1. The molecule has 1 aromatic carbocycles. The summed E-state index contributed by atoms with van der Waals surface area (Å²) in [5, 5.41) is 7.54. The van der Waals surface area contributed by atoms with Crippen molar-refractivity contribution < 1.29 is 4.74 Å². The van der Waals surface area contributed by atoms with Crippen molar-refractivity contribution in [3.63, 3.8) is 0 Å². The quantitative estimate of drug-likeness (QED) is 0.654. The van der Waals surface area contributed by atoms with E-state index in [0.29, 0.717) is 11.4 Å². The molecule has 0 amide bonds. The molecule has 1 heterocycles. The fourth-order valence-corrected chi connectivity index (χ4v) is 1.89. The number of pyridine rings is 1. The van der Waals surface area contributed by atoms with E-state index in [1.165, 1.54) is 0 Å². The van der Waals surface area contributed by atoms with Gasteiger partial charge in [-0.2, -0.15) is 0 Å². The van der Waals surface area contributed by atoms with E-state index in [9.17, 15) is 0 Å². The van der Waals surface area contributed by atoms with Crippen LogP contribution in [0.15, 0.2) is 30.5 Å². The van der Waals surface area contributed by atoms with Crippen molar-refractivity contribution in [3.05, 3.63) is 52.7 Å². The molecule has 2 aromatic rings. The van der Waals surface area contributed by atoms with Crippen LogP contribution in [0, 0.1) is 26.2 Å². The average Bonchev–Trinajstić information content (AvgIpc) is 2.35. The fourth-order valence-electron chi connectivity index (χ4n) is 1.89. The van der Waals surface area contributed by atoms with Gasteiger partial charge in [-0.3, -0.25) is 5.41 Å². The van der Waals surface area contributed by atoms with Gasteiger partial charge in [0.1, 0.15) is 11.6 Å². The van der Waals surface area contributed by atoms with Gasteiger partial charge in [-0.25, -0.2) is 4.98 Å². The van der Waals surface area contributed by atoms with Crippen LogP contribution in [0.1, 0.15) is 22.3 Å². The topological polar surface area (TPSA) is 72.0 Å². The Balaban J connectivity index is 2.45. The van der Waals surface area contributed by atoms with Gasteiger partial charge in [0, 0.05) is 6.20 Å². The first-order chi connectivity index (χ1) is 8.99. The molecule has 4 nitrogen and oxygen atoms in total. The zero-order valence-electron chi connectivity index (χ0n) is 11.3. The summed E-state index contributed by atoms with van der Waals surface area (Å²) in [6.45, 7) is 6.06. The van der Waals surface area contributed by atoms with Crippen molar-refractivity contribution in [3.8, 4) is 11.6 Å². The second-order valence-electron chi connectivity index (χ2n) is 4.58. The first-order valence-corrected chi connectivity index (χ1v) is 6.04. The highest BCUT2D eigenvalue weighted by molar-refractivity contribution is 5.97. The number of benzene rings is 1. The third-order valence-corrected chi connectivity index (χ3v) is 3.03. The number of ether oxygens (including phenoxy) is 1. The molecule has 0 radical (unpaired) electrons. The van der Waals surface area contributed by atoms with Crippen LogP contribution in [0.2, 0.25) is 0 Å². The van der Waals surface area contributed by atoms with E-state index in [2.05, 4.69) is 11.1 Å². The van der Waals surface area contributed by atoms with Gasteiger partial charge in [0.15, 0.2) is 0 Å². The van der Waals surface area contributed by atoms with E-state index in [0.717, 1.165) is 22.4 Å². The molecule has 19 heavy (non-hydrogen) atoms. The van der Waals surface area contributed by atoms with Crippen LogP contribution in [-0.2, 0) is 0 Å². The summed E-state index contributed by atoms with van der Waals surface area (Å²) in [6, 6.07) is 7.52. The Labute approximate surface area is 112 Å². The van der Waals surface area contributed by atoms with Crippen molar-refractivity contribution in [2.45, 2.75) is 20.8 Å². The van der Waals surface area contributed by atoms with Crippen LogP contribution >= 0.6 is 0 Å². The first kappa shape index (κ1) is 13.1. The van der Waals surface area contributed by atoms with E-state index in [1.54, 1.807) is 18.3 Å². The minimum Gasteiger partial charge on any atom is -0.438 e. The molecule has 0 fully saturated rings. The monoisotopic (exact) mass is 255 g/mol. The number of nitrogens with zero attached hydrogens (tertiary/aromatic N) is 1. The van der Waals surface area contributed by atoms with Crippen LogP contribution in [0.25, 0.3) is 0 Å². The number of rotatable bonds is 3. The number of nitrogens with two attached hydrogens (primary N) is 1. The molecule has 0 spiro atoms. The minimum atomic E-state index is -0.0508. The summed E-state index contributed by atoms with van der Waals surface area (Å²) < 4.78 is 5.83. The molecule has 2 rings (SSSR count). The molecule has 0 bridgehead atoms. The van der Waals surface area contributed by atoms with Gasteiger partial charge in [0.2, 0.25) is 5.88 Å². The second kappa shape index (κ2) is 5.10. The van der Waals surface area contributed by atoms with Crippen molar-refractivity contribution in [1.29, 1.82) is 5.41 Å². The lowest BCUT2D eigenvalue weighted by atomic mass is 10.1. The van der Waals surface area contributed by atoms with Crippen LogP contribution in [0.3, 0.4) is 0 Å². The minimum absolute atomic E-state index is 0.0508. The summed E-state index contributed by atoms with van der Waals surface area (Å²) in [4.78, 5) is 4.15. The highest BCUT2D eigenvalue weighted by atomic mass is 16.5. The van der Waals surface area contributed by atoms with Gasteiger partial charge >= 0.3 is 0 Å². The van der Waals surface area contributed by atoms with Gasteiger partial charge < -0.3 is 10.5 Å². The van der Waals surface area contributed by atoms with Crippen LogP contribution in [0.4, 0.5) is 0 Å². The summed E-state index contributed by atoms with van der Waals surface area (Å²) in [5.74, 6) is 1.06. The van der Waals surface area contributed by atoms with Crippen molar-refractivity contribution in [1.82, 2.24) is 4.98 Å². The van der Waals surface area contributed by atoms with Gasteiger partial charge in [-0.05, 0) is 55.7 Å². The second-order valence-corrected chi connectivity index (χ2v) is 4.58. The SMILES string of the molecule is Cc1cc(C)c(C)c(Oc2ncccc2C(=N)N)c1. The summed E-state index contributed by atoms with van der Waals surface area (Å²) in [5.41, 5.74) is 9.38. The highest BCUT2D eigenvalue weighted by Gasteiger charge is 2.11. The average molecular weight is 255 g/mol. The largest absolute Gasteiger partial charge is 0.438 e. The van der Waals surface area contributed by atoms with E-state index in [1.807, 2.05) is 26.8 Å². The number of amidine groups is 1. The lowest BCUT2D eigenvalue weighted by Crippen LogP contribution is -2.13. The number of hydrogen-bond acceptors (Lipinski definition) is 3. The predicted octanol–water partition coefficient (Wildman–Crippen LogP) is 3.08. The Kier molecular flexibility index (Phi) is 3.51. The molecule has 1 aromatic heterocycles. The smallest absolute Gasteiger partial charge is 0.230 e. The molecular formula is C15H17N3O. The fraction of sp³-hybridized carbons (Fsp3) is 0.200. The number of hydrogen-bond donors (Lipinski definition) is 2. The van der Waals surface area contributed by atoms with Crippen molar-refractivity contribution in [2.75, 3.05) is 0 Å². The molecule has 0 aliphatic heterocycles. The lowest BCUT2D eigenvalue weighted by Gasteiger charge is -2.13. The zero-order chi connectivity index (χ0) is 14.0. The third kappa shape index (κ3) is 2.73. The number of aryl methyl sites for hydroxylation is 2. The Morgan fingerprint density at radius 3 is 2.68 bits per heavy atom. The highest BCUT2D eigenvalue weighted by Crippen LogP contribution is 2.28. The Bertz CT molecular complexity index is 635. The molecule has 0 aliphatic rings. The molecule has 98 valence electrons. The van der Waals surface area contributed by atoms with E-state index < -0.39 is 0 Å². The van der Waals surface area contributed by atoms with Gasteiger partial charge in [-0.15, -0.1) is 0 Å². The number of aromatic nitrogens is 1. The summed E-state index contributed by atoms with van der Waals surface area (Å²) in [6.07, 6.45) is 1.62. The lowest BCUT2D eigenvalue weighted by molar-refractivity contribution is 0.457. The molecular weight excluding hydrogens is 238 g/mol. The molecule has 0 unspecified atom stereocenters. The Morgan fingerprint density at radius 2 is 2.00 bits per heavy atom. The maximum atomic E-state index is 7.54. The zero-order valence-corrected chi connectivity index (χ0v) is 11.3. The van der Waals surface area contributed by atoms with E-state index in [4.69, 9.17) is 15.9 Å². The molecule has 3 N–H and O–H groups in total. The van der Waals surface area contributed by atoms with Gasteiger partial charge in [0.05, 0.1) is 5.56 Å². The van der Waals surface area contributed by atoms with Crippen LogP contribution in [0.5, 0.6) is 11.6 Å².